The fraction of sp³-hybridized carbons (Fsp3) is 0.500. The minimum atomic E-state index is -2.56. The minimum absolute atomic E-state index is 0.0321. The van der Waals surface area contributed by atoms with Gasteiger partial charge in [0.25, 0.3) is 0 Å². The van der Waals surface area contributed by atoms with Gasteiger partial charge in [-0.15, -0.1) is 6.42 Å². The van der Waals surface area contributed by atoms with E-state index in [2.05, 4.69) is 15.0 Å². The molecule has 1 aliphatic heterocycles. The van der Waals surface area contributed by atoms with Crippen LogP contribution < -0.4 is 10.6 Å². The fourth-order valence-electron chi connectivity index (χ4n) is 2.72. The molecule has 2 aromatic rings. The highest BCUT2D eigenvalue weighted by atomic mass is 19.1. The molecule has 1 unspecified atom stereocenters. The highest BCUT2D eigenvalue weighted by Gasteiger charge is 2.57. The predicted octanol–water partition coefficient (Wildman–Crippen LogP) is -0.933. The van der Waals surface area contributed by atoms with E-state index in [1.54, 1.807) is 19.0 Å². The number of hydrogen-bond donors (Lipinski definition) is 3. The highest BCUT2D eigenvalue weighted by Crippen LogP contribution is 2.42. The van der Waals surface area contributed by atoms with Crippen LogP contribution in [0.3, 0.4) is 0 Å². The molecule has 1 fully saturated rings. The number of rotatable bonds is 3. The Balaban J connectivity index is 2.18. The van der Waals surface area contributed by atoms with Gasteiger partial charge in [0, 0.05) is 14.1 Å². The average molecular weight is 336 g/mol. The summed E-state index contributed by atoms with van der Waals surface area (Å²) in [5, 5.41) is 19.3. The molecule has 0 radical (unpaired) electrons. The molecule has 0 aliphatic carbocycles. The van der Waals surface area contributed by atoms with E-state index < -0.39 is 30.7 Å². The number of halogens is 1. The number of aromatic nitrogens is 4. The lowest BCUT2D eigenvalue weighted by Crippen LogP contribution is -2.42. The summed E-state index contributed by atoms with van der Waals surface area (Å²) in [5.41, 5.74) is 3.74. The molecule has 128 valence electrons. The smallest absolute Gasteiger partial charge is 0.243 e. The van der Waals surface area contributed by atoms with Crippen molar-refractivity contribution >= 4 is 22.9 Å². The zero-order valence-corrected chi connectivity index (χ0v) is 13.1. The van der Waals surface area contributed by atoms with Crippen molar-refractivity contribution in [2.45, 2.75) is 24.1 Å². The molecule has 24 heavy (non-hydrogen) atoms. The van der Waals surface area contributed by atoms with Crippen molar-refractivity contribution in [1.82, 2.24) is 19.5 Å². The third kappa shape index (κ3) is 2.17. The molecule has 9 nitrogen and oxygen atoms in total. The van der Waals surface area contributed by atoms with Gasteiger partial charge in [-0.05, 0) is 0 Å². The van der Waals surface area contributed by atoms with Gasteiger partial charge < -0.3 is 25.6 Å². The van der Waals surface area contributed by atoms with Crippen LogP contribution >= 0.6 is 0 Å². The molecule has 1 aliphatic rings. The molecule has 10 heteroatoms. The highest BCUT2D eigenvalue weighted by molar-refractivity contribution is 5.84. The SMILES string of the molecule is C#C[C@@]1(F)C(O)[C@@H](CO)O[C@H]1n1cnc2c(N(C)C)nc(N)nc21. The average Bonchev–Trinajstić information content (AvgIpc) is 3.07. The molecule has 0 aromatic carbocycles. The number of hydrogen-bond acceptors (Lipinski definition) is 8. The summed E-state index contributed by atoms with van der Waals surface area (Å²) < 4.78 is 21.8. The quantitative estimate of drug-likeness (QED) is 0.614. The number of alkyl halides is 1. The van der Waals surface area contributed by atoms with E-state index in [4.69, 9.17) is 16.9 Å². The van der Waals surface area contributed by atoms with Crippen LogP contribution in [0.5, 0.6) is 0 Å². The second kappa shape index (κ2) is 5.55. The standard InChI is InChI=1S/C14H17FN6O3/c1-4-14(15)9(23)7(5-22)24-12(14)21-6-17-8-10(20(2)3)18-13(16)19-11(8)21/h1,6-7,9,12,22-23H,5H2,2-3H3,(H2,16,18,19)/t7-,9?,12-,14-/m1/s1. The predicted molar refractivity (Wildman–Crippen MR) is 83.7 cm³/mol. The van der Waals surface area contributed by atoms with Crippen LogP contribution in [-0.2, 0) is 4.74 Å². The summed E-state index contributed by atoms with van der Waals surface area (Å²) in [6, 6.07) is 0. The molecule has 3 rings (SSSR count). The van der Waals surface area contributed by atoms with Crippen molar-refractivity contribution in [2.24, 2.45) is 0 Å². The lowest BCUT2D eigenvalue weighted by molar-refractivity contribution is -0.0504. The van der Waals surface area contributed by atoms with Crippen molar-refractivity contribution in [3.05, 3.63) is 6.33 Å². The lowest BCUT2D eigenvalue weighted by Gasteiger charge is -2.23. The van der Waals surface area contributed by atoms with Crippen LogP contribution in [-0.4, -0.2) is 68.3 Å². The molecular weight excluding hydrogens is 319 g/mol. The Bertz CT molecular complexity index is 819. The summed E-state index contributed by atoms with van der Waals surface area (Å²) in [4.78, 5) is 14.0. The number of ether oxygens (including phenoxy) is 1. The number of aliphatic hydroxyl groups is 2. The molecule has 0 amide bonds. The second-order valence-corrected chi connectivity index (χ2v) is 5.69. The lowest BCUT2D eigenvalue weighted by atomic mass is 9.97. The van der Waals surface area contributed by atoms with E-state index in [0.717, 1.165) is 0 Å². The van der Waals surface area contributed by atoms with Gasteiger partial charge in [-0.3, -0.25) is 4.57 Å². The van der Waals surface area contributed by atoms with E-state index in [-0.39, 0.29) is 11.6 Å². The third-order valence-electron chi connectivity index (χ3n) is 3.94. The second-order valence-electron chi connectivity index (χ2n) is 5.69. The molecule has 3 heterocycles. The summed E-state index contributed by atoms with van der Waals surface area (Å²) in [6.07, 6.45) is 2.29. The maximum absolute atomic E-state index is 15.1. The van der Waals surface area contributed by atoms with Gasteiger partial charge in [-0.2, -0.15) is 9.97 Å². The Kier molecular flexibility index (Phi) is 3.79. The molecule has 4 atom stereocenters. The van der Waals surface area contributed by atoms with E-state index in [1.165, 1.54) is 10.9 Å². The van der Waals surface area contributed by atoms with Crippen LogP contribution in [0.25, 0.3) is 11.2 Å². The summed E-state index contributed by atoms with van der Waals surface area (Å²) >= 11 is 0. The normalized spacial score (nSPS) is 29.8. The van der Waals surface area contributed by atoms with Crippen molar-refractivity contribution in [1.29, 1.82) is 0 Å². The topological polar surface area (TPSA) is 123 Å². The molecule has 2 aromatic heterocycles. The number of fused-ring (bicyclic) bond motifs is 1. The summed E-state index contributed by atoms with van der Waals surface area (Å²) in [5.74, 6) is 2.33. The zero-order valence-electron chi connectivity index (χ0n) is 13.1. The molecule has 0 bridgehead atoms. The van der Waals surface area contributed by atoms with Crippen LogP contribution in [0.1, 0.15) is 6.23 Å². The van der Waals surface area contributed by atoms with Crippen LogP contribution in [0.15, 0.2) is 6.33 Å². The maximum atomic E-state index is 15.1. The maximum Gasteiger partial charge on any atom is 0.243 e. The van der Waals surface area contributed by atoms with Gasteiger partial charge >= 0.3 is 0 Å². The Hall–Kier alpha value is -2.48. The van der Waals surface area contributed by atoms with E-state index >= 15 is 4.39 Å². The Morgan fingerprint density at radius 1 is 1.54 bits per heavy atom. The number of nitrogens with zero attached hydrogens (tertiary/aromatic N) is 5. The van der Waals surface area contributed by atoms with Gasteiger partial charge in [0.05, 0.1) is 12.9 Å². The van der Waals surface area contributed by atoms with E-state index in [0.29, 0.717) is 11.3 Å². The first kappa shape index (κ1) is 16.4. The number of nitrogen functional groups attached to an aromatic ring is 1. The number of imidazole rings is 1. The minimum Gasteiger partial charge on any atom is -0.394 e. The first-order chi connectivity index (χ1) is 11.3. The van der Waals surface area contributed by atoms with Crippen molar-refractivity contribution in [3.63, 3.8) is 0 Å². The monoisotopic (exact) mass is 336 g/mol. The number of terminal acetylenes is 1. The number of nitrogens with two attached hydrogens (primary N) is 1. The van der Waals surface area contributed by atoms with Gasteiger partial charge in [0.15, 0.2) is 23.2 Å². The van der Waals surface area contributed by atoms with E-state index in [1.807, 2.05) is 5.92 Å². The Morgan fingerprint density at radius 3 is 2.83 bits per heavy atom. The van der Waals surface area contributed by atoms with Gasteiger partial charge in [0.1, 0.15) is 12.2 Å². The first-order valence-corrected chi connectivity index (χ1v) is 7.12. The first-order valence-electron chi connectivity index (χ1n) is 7.12. The van der Waals surface area contributed by atoms with Crippen molar-refractivity contribution in [2.75, 3.05) is 31.3 Å². The molecule has 0 spiro atoms. The van der Waals surface area contributed by atoms with Crippen molar-refractivity contribution < 1.29 is 19.3 Å². The summed E-state index contributed by atoms with van der Waals surface area (Å²) in [7, 11) is 3.50. The van der Waals surface area contributed by atoms with Gasteiger partial charge in [-0.1, -0.05) is 5.92 Å². The van der Waals surface area contributed by atoms with Crippen LogP contribution in [0, 0.1) is 12.3 Å². The molecule has 0 saturated carbocycles. The van der Waals surface area contributed by atoms with Gasteiger partial charge in [-0.25, -0.2) is 9.37 Å². The molecular formula is C14H17FN6O3. The Labute approximate surface area is 136 Å². The largest absolute Gasteiger partial charge is 0.394 e. The van der Waals surface area contributed by atoms with Crippen LogP contribution in [0.2, 0.25) is 0 Å². The molecule has 4 N–H and O–H groups in total. The molecule has 1 saturated heterocycles. The van der Waals surface area contributed by atoms with Crippen molar-refractivity contribution in [3.8, 4) is 12.3 Å². The fourth-order valence-corrected chi connectivity index (χ4v) is 2.72. The van der Waals surface area contributed by atoms with Crippen LogP contribution in [0.4, 0.5) is 16.2 Å². The third-order valence-corrected chi connectivity index (χ3v) is 3.94. The Morgan fingerprint density at radius 2 is 2.25 bits per heavy atom. The van der Waals surface area contributed by atoms with Gasteiger partial charge in [0.2, 0.25) is 11.6 Å². The van der Waals surface area contributed by atoms with E-state index in [9.17, 15) is 10.2 Å². The number of anilines is 2. The summed E-state index contributed by atoms with van der Waals surface area (Å²) in [6.45, 7) is -0.586. The zero-order chi connectivity index (χ0) is 17.6. The number of aliphatic hydroxyl groups excluding tert-OH is 2.